The first-order valence-corrected chi connectivity index (χ1v) is 8.43. The number of allylic oxidation sites excluding steroid dienone is 2. The summed E-state index contributed by atoms with van der Waals surface area (Å²) in [7, 11) is -7.18. The topological polar surface area (TPSA) is 93.1 Å². The molecule has 0 aromatic heterocycles. The van der Waals surface area contributed by atoms with Gasteiger partial charge in [-0.1, -0.05) is 12.2 Å². The fourth-order valence-corrected chi connectivity index (χ4v) is 2.85. The molecule has 6 nitrogen and oxygen atoms in total. The van der Waals surface area contributed by atoms with Crippen LogP contribution < -0.4 is 0 Å². The van der Waals surface area contributed by atoms with Crippen LogP contribution in [0, 0.1) is 0 Å². The van der Waals surface area contributed by atoms with Gasteiger partial charge in [-0.15, -0.1) is 0 Å². The van der Waals surface area contributed by atoms with E-state index in [0.717, 1.165) is 0 Å². The second kappa shape index (κ2) is 7.38. The molecule has 0 amide bonds. The zero-order valence-electron chi connectivity index (χ0n) is 9.40. The molecule has 0 saturated carbocycles. The van der Waals surface area contributed by atoms with Crippen molar-refractivity contribution in [1.82, 2.24) is 0 Å². The summed E-state index contributed by atoms with van der Waals surface area (Å²) >= 11 is 0. The summed E-state index contributed by atoms with van der Waals surface area (Å²) in [5.74, 6) is 0. The summed E-state index contributed by atoms with van der Waals surface area (Å²) in [6.45, 7) is 3.93. The molecule has 0 rings (SSSR count). The first-order chi connectivity index (χ1) is 7.33. The molecule has 0 aromatic rings. The van der Waals surface area contributed by atoms with Gasteiger partial charge in [-0.2, -0.15) is 0 Å². The molecule has 96 valence electrons. The van der Waals surface area contributed by atoms with Crippen molar-refractivity contribution in [2.75, 3.05) is 25.5 Å². The van der Waals surface area contributed by atoms with Gasteiger partial charge in [-0.3, -0.25) is 9.13 Å². The Bertz CT molecular complexity index is 298. The molecule has 0 aliphatic heterocycles. The Labute approximate surface area is 95.3 Å². The zero-order valence-corrected chi connectivity index (χ0v) is 11.2. The SMILES string of the molecule is CCOP(=O)(CC=CCP(=O)(O)O)OCC. The van der Waals surface area contributed by atoms with E-state index < -0.39 is 15.2 Å². The second-order valence-electron chi connectivity index (χ2n) is 2.95. The maximum absolute atomic E-state index is 11.8. The molecule has 0 aromatic carbocycles. The van der Waals surface area contributed by atoms with Crippen LogP contribution in [0.3, 0.4) is 0 Å². The van der Waals surface area contributed by atoms with E-state index in [0.29, 0.717) is 0 Å². The smallest absolute Gasteiger partial charge is 0.324 e. The lowest BCUT2D eigenvalue weighted by Crippen LogP contribution is -1.98. The summed E-state index contributed by atoms with van der Waals surface area (Å²) in [6.07, 6.45) is 2.34. The van der Waals surface area contributed by atoms with Gasteiger partial charge in [0.05, 0.1) is 25.5 Å². The van der Waals surface area contributed by atoms with Crippen LogP contribution in [0.1, 0.15) is 13.8 Å². The van der Waals surface area contributed by atoms with Crippen molar-refractivity contribution in [3.8, 4) is 0 Å². The molecule has 0 radical (unpaired) electrons. The van der Waals surface area contributed by atoms with Gasteiger partial charge < -0.3 is 18.8 Å². The first-order valence-electron chi connectivity index (χ1n) is 4.90. The molecule has 2 N–H and O–H groups in total. The van der Waals surface area contributed by atoms with Crippen LogP contribution >= 0.6 is 15.2 Å². The lowest BCUT2D eigenvalue weighted by atomic mass is 10.6. The van der Waals surface area contributed by atoms with Crippen LogP contribution in [0.2, 0.25) is 0 Å². The average molecular weight is 272 g/mol. The van der Waals surface area contributed by atoms with Crippen molar-refractivity contribution in [1.29, 1.82) is 0 Å². The van der Waals surface area contributed by atoms with E-state index in [1.807, 2.05) is 0 Å². The molecule has 16 heavy (non-hydrogen) atoms. The van der Waals surface area contributed by atoms with E-state index in [9.17, 15) is 9.13 Å². The van der Waals surface area contributed by atoms with E-state index in [-0.39, 0.29) is 25.5 Å². The van der Waals surface area contributed by atoms with Crippen molar-refractivity contribution in [3.05, 3.63) is 12.2 Å². The van der Waals surface area contributed by atoms with Crippen LogP contribution in [0.15, 0.2) is 12.2 Å². The van der Waals surface area contributed by atoms with Crippen LogP contribution in [-0.4, -0.2) is 35.3 Å². The maximum atomic E-state index is 11.8. The Hall–Kier alpha value is 0.0400. The highest BCUT2D eigenvalue weighted by Crippen LogP contribution is 2.48. The molecule has 0 heterocycles. The highest BCUT2D eigenvalue weighted by atomic mass is 31.2. The van der Waals surface area contributed by atoms with Gasteiger partial charge >= 0.3 is 15.2 Å². The number of hydrogen-bond acceptors (Lipinski definition) is 4. The summed E-state index contributed by atoms with van der Waals surface area (Å²) in [5.41, 5.74) is 0. The molecule has 0 bridgehead atoms. The van der Waals surface area contributed by atoms with E-state index in [2.05, 4.69) is 0 Å². The minimum Gasteiger partial charge on any atom is -0.324 e. The van der Waals surface area contributed by atoms with Crippen molar-refractivity contribution in [3.63, 3.8) is 0 Å². The van der Waals surface area contributed by atoms with E-state index >= 15 is 0 Å². The molecule has 0 unspecified atom stereocenters. The van der Waals surface area contributed by atoms with Crippen LogP contribution in [-0.2, 0) is 18.2 Å². The molecule has 0 fully saturated rings. The first kappa shape index (κ1) is 16.0. The molecule has 0 saturated heterocycles. The van der Waals surface area contributed by atoms with Crippen molar-refractivity contribution < 1.29 is 28.0 Å². The Balaban J connectivity index is 4.22. The molecular formula is C8H18O6P2. The summed E-state index contributed by atoms with van der Waals surface area (Å²) in [4.78, 5) is 17.2. The lowest BCUT2D eigenvalue weighted by Gasteiger charge is -2.14. The van der Waals surface area contributed by atoms with Gasteiger partial charge in [0.25, 0.3) is 0 Å². The standard InChI is InChI=1S/C8H18O6P2/c1-3-13-16(12,14-4-2)8-6-5-7-15(9,10)11/h5-6H,3-4,7-8H2,1-2H3,(H2,9,10,11). The highest BCUT2D eigenvalue weighted by Gasteiger charge is 2.21. The fourth-order valence-electron chi connectivity index (χ4n) is 0.952. The molecule has 0 aliphatic carbocycles. The monoisotopic (exact) mass is 272 g/mol. The third-order valence-corrected chi connectivity index (χ3v) is 4.14. The number of rotatable bonds is 8. The second-order valence-corrected chi connectivity index (χ2v) is 6.75. The minimum atomic E-state index is -4.04. The van der Waals surface area contributed by atoms with Crippen molar-refractivity contribution in [2.45, 2.75) is 13.8 Å². The summed E-state index contributed by atoms with van der Waals surface area (Å²) in [6, 6.07) is 0. The van der Waals surface area contributed by atoms with Gasteiger partial charge in [0.2, 0.25) is 0 Å². The summed E-state index contributed by atoms with van der Waals surface area (Å²) in [5, 5.41) is 0. The van der Waals surface area contributed by atoms with E-state index in [1.165, 1.54) is 12.2 Å². The zero-order chi connectivity index (χ0) is 12.7. The van der Waals surface area contributed by atoms with Crippen LogP contribution in [0.25, 0.3) is 0 Å². The van der Waals surface area contributed by atoms with Gasteiger partial charge in [0, 0.05) is 0 Å². The van der Waals surface area contributed by atoms with Gasteiger partial charge in [0.1, 0.15) is 0 Å². The molecule has 8 heteroatoms. The molecule has 0 spiro atoms. The van der Waals surface area contributed by atoms with Crippen LogP contribution in [0.5, 0.6) is 0 Å². The normalized spacial score (nSPS) is 13.5. The quantitative estimate of drug-likeness (QED) is 0.518. The van der Waals surface area contributed by atoms with E-state index in [1.54, 1.807) is 13.8 Å². The van der Waals surface area contributed by atoms with Crippen LogP contribution in [0.4, 0.5) is 0 Å². The maximum Gasteiger partial charge on any atom is 0.334 e. The average Bonchev–Trinajstić information content (AvgIpc) is 2.12. The predicted molar refractivity (Wildman–Crippen MR) is 61.8 cm³/mol. The molecule has 0 aliphatic rings. The predicted octanol–water partition coefficient (Wildman–Crippen LogP) is 1.99. The number of hydrogen-bond donors (Lipinski definition) is 2. The third-order valence-electron chi connectivity index (χ3n) is 1.49. The Morgan fingerprint density at radius 3 is 1.81 bits per heavy atom. The van der Waals surface area contributed by atoms with Gasteiger partial charge in [-0.05, 0) is 13.8 Å². The molecular weight excluding hydrogens is 254 g/mol. The van der Waals surface area contributed by atoms with Gasteiger partial charge in [-0.25, -0.2) is 0 Å². The van der Waals surface area contributed by atoms with E-state index in [4.69, 9.17) is 18.8 Å². The Morgan fingerprint density at radius 1 is 1.00 bits per heavy atom. The fraction of sp³-hybridized carbons (Fsp3) is 0.750. The van der Waals surface area contributed by atoms with Crippen molar-refractivity contribution >= 4 is 15.2 Å². The largest absolute Gasteiger partial charge is 0.334 e. The minimum absolute atomic E-state index is 0.0225. The summed E-state index contributed by atoms with van der Waals surface area (Å²) < 4.78 is 32.3. The van der Waals surface area contributed by atoms with Crippen molar-refractivity contribution in [2.24, 2.45) is 0 Å². The van der Waals surface area contributed by atoms with Gasteiger partial charge in [0.15, 0.2) is 0 Å². The highest BCUT2D eigenvalue weighted by molar-refractivity contribution is 7.54. The Kier molecular flexibility index (Phi) is 7.40. The Morgan fingerprint density at radius 2 is 1.44 bits per heavy atom. The molecule has 0 atom stereocenters. The lowest BCUT2D eigenvalue weighted by molar-refractivity contribution is 0.222. The third kappa shape index (κ3) is 8.22.